The Morgan fingerprint density at radius 1 is 0.826 bits per heavy atom. The highest BCUT2D eigenvalue weighted by Crippen LogP contribution is 2.42. The van der Waals surface area contributed by atoms with Gasteiger partial charge in [-0.1, -0.05) is 12.0 Å². The first-order valence-corrected chi connectivity index (χ1v) is 30.7. The number of piperazine rings is 1. The number of anilines is 2. The van der Waals surface area contributed by atoms with Gasteiger partial charge in [-0.25, -0.2) is 18.0 Å². The molecule has 5 aromatic rings. The fraction of sp³-hybridized carbons (Fsp3) is 0.554. The topological polar surface area (TPSA) is 175 Å². The minimum absolute atomic E-state index is 0.00841. The maximum Gasteiger partial charge on any atom is 0.410 e. The van der Waals surface area contributed by atoms with E-state index in [-0.39, 0.29) is 97.2 Å². The van der Waals surface area contributed by atoms with Crippen LogP contribution in [-0.4, -0.2) is 168 Å². The summed E-state index contributed by atoms with van der Waals surface area (Å²) in [6.45, 7) is 15.3. The fourth-order valence-corrected chi connectivity index (χ4v) is 14.5. The third kappa shape index (κ3) is 12.0. The summed E-state index contributed by atoms with van der Waals surface area (Å²) in [6, 6.07) is 8.41. The van der Waals surface area contributed by atoms with Crippen LogP contribution in [0.4, 0.5) is 29.5 Å². The van der Waals surface area contributed by atoms with Crippen LogP contribution in [0, 0.1) is 47.5 Å². The molecule has 3 aromatic carbocycles. The number of hydrogen-bond donors (Lipinski definition) is 1. The summed E-state index contributed by atoms with van der Waals surface area (Å²) in [6.07, 6.45) is 16.7. The first-order valence-electron chi connectivity index (χ1n) is 30.7. The molecular weight excluding hydrogens is 1110 g/mol. The quantitative estimate of drug-likeness (QED) is 0.0597. The van der Waals surface area contributed by atoms with Gasteiger partial charge in [0.2, 0.25) is 11.8 Å². The van der Waals surface area contributed by atoms with Gasteiger partial charge < -0.3 is 38.5 Å². The van der Waals surface area contributed by atoms with Crippen molar-refractivity contribution in [1.82, 2.24) is 39.9 Å². The predicted octanol–water partition coefficient (Wildman–Crippen LogP) is 9.07. The highest BCUT2D eigenvalue weighted by molar-refractivity contribution is 6.06. The molecule has 0 aliphatic carbocycles. The zero-order chi connectivity index (χ0) is 60.1. The standard InChI is InChI=1S/C65H77F3N10O8/c1-7-46-51(66)12-8-42-29-45(85-37-83-6)30-48(55(42)46)58-57(68)59-49(31-69-58)60(76-33-43-9-10-44(34-76)78(43)64(82)86-65(3,4)5)72-63(71-59)84-36-38(2)74-24-18-40(19-25-74)28-39-16-22-73(23-17-39)32-41-20-26-75(27-21-41)52-13-11-47-50(56(52)67)35-77(62(47)81)53-14-15-54(79)70-61(53)80/h1,8,11-13,29-31,38-41,43-44,53H,9-10,14-28,32-37H2,2-6H3,(H,70,79,80)/t38-,43?,44?,53?/m0/s1. The summed E-state index contributed by atoms with van der Waals surface area (Å²) in [7, 11) is 1.49. The van der Waals surface area contributed by atoms with Gasteiger partial charge in [0, 0.05) is 80.6 Å². The second kappa shape index (κ2) is 24.5. The Bertz CT molecular complexity index is 3470. The van der Waals surface area contributed by atoms with Crippen molar-refractivity contribution in [1.29, 1.82) is 0 Å². The Morgan fingerprint density at radius 3 is 2.22 bits per heavy atom. The van der Waals surface area contributed by atoms with E-state index in [2.05, 4.69) is 42.7 Å². The number of hydrogen-bond acceptors (Lipinski definition) is 15. The Kier molecular flexibility index (Phi) is 16.8. The number of pyridine rings is 1. The van der Waals surface area contributed by atoms with E-state index in [0.29, 0.717) is 75.4 Å². The van der Waals surface area contributed by atoms with E-state index >= 15 is 13.2 Å². The monoisotopic (exact) mass is 1180 g/mol. The lowest BCUT2D eigenvalue weighted by atomic mass is 9.82. The number of benzene rings is 3. The van der Waals surface area contributed by atoms with Gasteiger partial charge in [-0.2, -0.15) is 9.97 Å². The first-order chi connectivity index (χ1) is 41.4. The summed E-state index contributed by atoms with van der Waals surface area (Å²) in [5.74, 6) is 2.08. The van der Waals surface area contributed by atoms with Crippen molar-refractivity contribution >= 4 is 57.0 Å². The number of carbonyl (C=O) groups is 4. The van der Waals surface area contributed by atoms with E-state index < -0.39 is 35.0 Å². The van der Waals surface area contributed by atoms with Gasteiger partial charge in [-0.3, -0.25) is 34.5 Å². The number of nitrogens with one attached hydrogen (secondary N) is 1. The van der Waals surface area contributed by atoms with Crippen molar-refractivity contribution in [3.63, 3.8) is 0 Å². The van der Waals surface area contributed by atoms with Crippen LogP contribution in [-0.2, 0) is 25.6 Å². The van der Waals surface area contributed by atoms with Crippen molar-refractivity contribution in [2.24, 2.45) is 17.8 Å². The molecule has 7 aliphatic heterocycles. The highest BCUT2D eigenvalue weighted by atomic mass is 19.1. The molecule has 6 saturated heterocycles. The summed E-state index contributed by atoms with van der Waals surface area (Å²) in [5.41, 5.74) is 0.517. The van der Waals surface area contributed by atoms with Crippen LogP contribution in [0.2, 0.25) is 0 Å². The number of likely N-dealkylation sites (tertiary alicyclic amines) is 2. The third-order valence-corrected chi connectivity index (χ3v) is 19.0. The van der Waals surface area contributed by atoms with Crippen LogP contribution >= 0.6 is 0 Å². The lowest BCUT2D eigenvalue weighted by molar-refractivity contribution is -0.136. The van der Waals surface area contributed by atoms with E-state index in [1.54, 1.807) is 30.3 Å². The molecule has 2 bridgehead atoms. The van der Waals surface area contributed by atoms with Crippen LogP contribution in [0.5, 0.6) is 11.8 Å². The van der Waals surface area contributed by atoms with E-state index in [0.717, 1.165) is 84.3 Å². The number of ether oxygens (including phenoxy) is 4. The van der Waals surface area contributed by atoms with Gasteiger partial charge in [0.05, 0.1) is 35.3 Å². The van der Waals surface area contributed by atoms with Crippen molar-refractivity contribution in [3.8, 4) is 35.4 Å². The first kappa shape index (κ1) is 59.1. The molecule has 7 aliphatic rings. The van der Waals surface area contributed by atoms with E-state index in [9.17, 15) is 19.2 Å². The van der Waals surface area contributed by atoms with Gasteiger partial charge in [-0.15, -0.1) is 6.42 Å². The number of piperidine rings is 4. The van der Waals surface area contributed by atoms with Crippen molar-refractivity contribution in [3.05, 3.63) is 76.7 Å². The molecule has 9 heterocycles. The number of halogens is 3. The molecule has 4 atom stereocenters. The van der Waals surface area contributed by atoms with Gasteiger partial charge in [0.1, 0.15) is 46.8 Å². The number of fused-ring (bicyclic) bond motifs is 5. The molecular formula is C65H77F3N10O8. The molecule has 0 radical (unpaired) electrons. The summed E-state index contributed by atoms with van der Waals surface area (Å²) in [4.78, 5) is 77.9. The normalized spacial score (nSPS) is 22.4. The van der Waals surface area contributed by atoms with Crippen LogP contribution in [0.3, 0.4) is 0 Å². The maximum absolute atomic E-state index is 17.6. The average Bonchev–Trinajstić information content (AvgIpc) is 1.31. The number of imide groups is 1. The van der Waals surface area contributed by atoms with Crippen molar-refractivity contribution < 1.29 is 51.3 Å². The maximum atomic E-state index is 17.6. The molecule has 3 unspecified atom stereocenters. The largest absolute Gasteiger partial charge is 0.468 e. The van der Waals surface area contributed by atoms with Crippen LogP contribution in [0.1, 0.15) is 120 Å². The zero-order valence-corrected chi connectivity index (χ0v) is 49.8. The zero-order valence-electron chi connectivity index (χ0n) is 49.8. The number of carbonyl (C=O) groups excluding carboxylic acids is 4. The van der Waals surface area contributed by atoms with Crippen LogP contribution < -0.4 is 24.6 Å². The Hall–Kier alpha value is -7.28. The smallest absolute Gasteiger partial charge is 0.410 e. The lowest BCUT2D eigenvalue weighted by Gasteiger charge is -2.42. The molecule has 4 amide bonds. The highest BCUT2D eigenvalue weighted by Gasteiger charge is 2.46. The molecule has 12 rings (SSSR count). The Morgan fingerprint density at radius 2 is 1.53 bits per heavy atom. The number of rotatable bonds is 15. The van der Waals surface area contributed by atoms with E-state index in [4.69, 9.17) is 35.3 Å². The summed E-state index contributed by atoms with van der Waals surface area (Å²) < 4.78 is 72.5. The second-order valence-corrected chi connectivity index (χ2v) is 25.8. The van der Waals surface area contributed by atoms with Gasteiger partial charge in [-0.05, 0) is 172 Å². The van der Waals surface area contributed by atoms with Crippen molar-refractivity contribution in [2.75, 3.05) is 89.2 Å². The van der Waals surface area contributed by atoms with Crippen LogP contribution in [0.25, 0.3) is 32.9 Å². The molecule has 2 aromatic heterocycles. The number of nitrogens with zero attached hydrogens (tertiary/aromatic N) is 9. The molecule has 0 saturated carbocycles. The van der Waals surface area contributed by atoms with Crippen molar-refractivity contribution in [2.45, 2.75) is 135 Å². The molecule has 1 N–H and O–H groups in total. The third-order valence-electron chi connectivity index (χ3n) is 19.0. The molecule has 6 fully saturated rings. The molecule has 456 valence electrons. The predicted molar refractivity (Wildman–Crippen MR) is 318 cm³/mol. The lowest BCUT2D eigenvalue weighted by Crippen LogP contribution is -2.57. The second-order valence-electron chi connectivity index (χ2n) is 25.8. The molecule has 86 heavy (non-hydrogen) atoms. The number of terminal acetylenes is 1. The molecule has 18 nitrogen and oxygen atoms in total. The number of methoxy groups -OCH3 is 1. The SMILES string of the molecule is C#Cc1c(F)ccc2cc(OCOC)cc(-c3ncc4c(N5CC6CCC(C5)N6C(=O)OC(C)(C)C)nc(OC[C@H](C)N5CCC(CC6CCN(CC7CCN(c8ccc9c(c8F)CN(C8CCC(=O)NC8=O)C9=O)CC7)CC6)CC5)nc4c3F)c12. The fourth-order valence-electron chi connectivity index (χ4n) is 14.5. The Labute approximate surface area is 500 Å². The average molecular weight is 1180 g/mol. The van der Waals surface area contributed by atoms with E-state index in [1.165, 1.54) is 43.5 Å². The van der Waals surface area contributed by atoms with Crippen LogP contribution in [0.15, 0.2) is 42.6 Å². The minimum atomic E-state index is -0.782. The minimum Gasteiger partial charge on any atom is -0.468 e. The molecule has 0 spiro atoms. The number of amides is 4. The Balaban J connectivity index is 0.663. The van der Waals surface area contributed by atoms with Gasteiger partial charge >= 0.3 is 12.1 Å². The van der Waals surface area contributed by atoms with E-state index in [1.807, 2.05) is 25.7 Å². The summed E-state index contributed by atoms with van der Waals surface area (Å²) >= 11 is 0. The van der Waals surface area contributed by atoms with Gasteiger partial charge in [0.15, 0.2) is 18.4 Å². The number of aromatic nitrogens is 3. The van der Waals surface area contributed by atoms with Gasteiger partial charge in [0.25, 0.3) is 5.91 Å². The molecule has 21 heteroatoms. The summed E-state index contributed by atoms with van der Waals surface area (Å²) in [5, 5.41) is 3.50.